The zero-order valence-corrected chi connectivity index (χ0v) is 11.6. The average molecular weight is 255 g/mol. The lowest BCUT2D eigenvalue weighted by Crippen LogP contribution is -2.21. The molecule has 1 unspecified atom stereocenters. The van der Waals surface area contributed by atoms with Crippen molar-refractivity contribution < 1.29 is 0 Å². The maximum atomic E-state index is 11.4. The van der Waals surface area contributed by atoms with E-state index >= 15 is 0 Å². The van der Waals surface area contributed by atoms with Crippen LogP contribution >= 0.6 is 11.8 Å². The predicted molar refractivity (Wildman–Crippen MR) is 72.7 cm³/mol. The highest BCUT2D eigenvalue weighted by Gasteiger charge is 2.03. The molecule has 0 aliphatic heterocycles. The largest absolute Gasteiger partial charge is 0.317 e. The van der Waals surface area contributed by atoms with Crippen molar-refractivity contribution >= 4 is 11.8 Å². The summed E-state index contributed by atoms with van der Waals surface area (Å²) in [7, 11) is 1.96. The van der Waals surface area contributed by atoms with Gasteiger partial charge in [0.05, 0.1) is 0 Å². The fourth-order valence-electron chi connectivity index (χ4n) is 1.41. The average Bonchev–Trinajstić information content (AvgIpc) is 2.28. The van der Waals surface area contributed by atoms with Gasteiger partial charge in [-0.15, -0.1) is 0 Å². The molecule has 0 aliphatic rings. The van der Waals surface area contributed by atoms with Gasteiger partial charge in [-0.2, -0.15) is 0 Å². The Kier molecular flexibility index (Phi) is 6.29. The lowest BCUT2D eigenvalue weighted by atomic mass is 10.2. The second kappa shape index (κ2) is 7.50. The molecule has 0 aliphatic carbocycles. The van der Waals surface area contributed by atoms with Gasteiger partial charge in [-0.3, -0.25) is 4.79 Å². The summed E-state index contributed by atoms with van der Waals surface area (Å²) in [6.45, 7) is 4.23. The number of nitrogens with zero attached hydrogens (tertiary/aromatic N) is 1. The Labute approximate surface area is 107 Å². The van der Waals surface area contributed by atoms with Gasteiger partial charge in [0.15, 0.2) is 5.16 Å². The van der Waals surface area contributed by atoms with E-state index in [1.165, 1.54) is 0 Å². The molecule has 0 radical (unpaired) electrons. The van der Waals surface area contributed by atoms with Crippen LogP contribution in [0.3, 0.4) is 0 Å². The lowest BCUT2D eigenvalue weighted by molar-refractivity contribution is 0.597. The number of aryl methyl sites for hydroxylation is 1. The third-order valence-corrected chi connectivity index (χ3v) is 3.47. The molecule has 0 aromatic carbocycles. The second-order valence-corrected chi connectivity index (χ2v) is 5.20. The van der Waals surface area contributed by atoms with E-state index in [0.717, 1.165) is 35.9 Å². The van der Waals surface area contributed by atoms with Gasteiger partial charge in [-0.1, -0.05) is 25.1 Å². The van der Waals surface area contributed by atoms with Crippen molar-refractivity contribution in [3.05, 3.63) is 22.1 Å². The summed E-state index contributed by atoms with van der Waals surface area (Å²) >= 11 is 1.61. The van der Waals surface area contributed by atoms with Gasteiger partial charge in [0.1, 0.15) is 0 Å². The first kappa shape index (κ1) is 14.3. The summed E-state index contributed by atoms with van der Waals surface area (Å²) in [6, 6.07) is 2.08. The molecule has 0 saturated heterocycles. The van der Waals surface area contributed by atoms with Crippen molar-refractivity contribution in [1.82, 2.24) is 15.3 Å². The fraction of sp³-hybridized carbons (Fsp3) is 0.667. The zero-order chi connectivity index (χ0) is 12.7. The van der Waals surface area contributed by atoms with Crippen LogP contribution in [0.1, 0.15) is 32.4 Å². The number of rotatable bonds is 7. The Morgan fingerprint density at radius 3 is 3.00 bits per heavy atom. The van der Waals surface area contributed by atoms with Crippen LogP contribution in [0.5, 0.6) is 0 Å². The van der Waals surface area contributed by atoms with Crippen molar-refractivity contribution in [2.75, 3.05) is 12.8 Å². The summed E-state index contributed by atoms with van der Waals surface area (Å²) in [6.07, 6.45) is 2.94. The SMILES string of the molecule is CCCc1cc(=O)[nH]c(SCCC(C)NC)n1. The smallest absolute Gasteiger partial charge is 0.251 e. The third-order valence-electron chi connectivity index (χ3n) is 2.56. The van der Waals surface area contributed by atoms with E-state index in [9.17, 15) is 4.79 Å². The van der Waals surface area contributed by atoms with Crippen LogP contribution in [0.2, 0.25) is 0 Å². The molecule has 1 aromatic rings. The van der Waals surface area contributed by atoms with Crippen molar-refractivity contribution in [2.45, 2.75) is 44.3 Å². The van der Waals surface area contributed by atoms with E-state index in [1.807, 2.05) is 7.05 Å². The van der Waals surface area contributed by atoms with Crippen molar-refractivity contribution in [1.29, 1.82) is 0 Å². The molecular weight excluding hydrogens is 234 g/mol. The van der Waals surface area contributed by atoms with Gasteiger partial charge in [0, 0.05) is 23.6 Å². The Bertz CT molecular complexity index is 392. The Morgan fingerprint density at radius 1 is 1.59 bits per heavy atom. The molecule has 0 spiro atoms. The third kappa shape index (κ3) is 5.37. The molecule has 0 bridgehead atoms. The lowest BCUT2D eigenvalue weighted by Gasteiger charge is -2.08. The fourth-order valence-corrected chi connectivity index (χ4v) is 2.43. The predicted octanol–water partition coefficient (Wildman–Crippen LogP) is 1.81. The minimum Gasteiger partial charge on any atom is -0.317 e. The molecule has 0 saturated carbocycles. The summed E-state index contributed by atoms with van der Waals surface area (Å²) in [5.74, 6) is 0.959. The van der Waals surface area contributed by atoms with Crippen LogP contribution in [-0.4, -0.2) is 28.8 Å². The second-order valence-electron chi connectivity index (χ2n) is 4.12. The Balaban J connectivity index is 2.55. The number of aromatic nitrogens is 2. The van der Waals surface area contributed by atoms with Gasteiger partial charge < -0.3 is 10.3 Å². The molecule has 5 heteroatoms. The van der Waals surface area contributed by atoms with Gasteiger partial charge in [-0.25, -0.2) is 4.98 Å². The first-order chi connectivity index (χ1) is 8.15. The molecular formula is C12H21N3OS. The van der Waals surface area contributed by atoms with E-state index in [-0.39, 0.29) is 5.56 Å². The highest BCUT2D eigenvalue weighted by molar-refractivity contribution is 7.99. The number of aromatic amines is 1. The van der Waals surface area contributed by atoms with Crippen molar-refractivity contribution in [2.24, 2.45) is 0 Å². The van der Waals surface area contributed by atoms with Gasteiger partial charge in [-0.05, 0) is 26.8 Å². The van der Waals surface area contributed by atoms with Gasteiger partial charge >= 0.3 is 0 Å². The monoisotopic (exact) mass is 255 g/mol. The van der Waals surface area contributed by atoms with Crippen LogP contribution in [-0.2, 0) is 6.42 Å². The van der Waals surface area contributed by atoms with E-state index in [1.54, 1.807) is 17.8 Å². The maximum Gasteiger partial charge on any atom is 0.251 e. The minimum absolute atomic E-state index is 0.0485. The first-order valence-electron chi connectivity index (χ1n) is 6.06. The highest BCUT2D eigenvalue weighted by atomic mass is 32.2. The standard InChI is InChI=1S/C12H21N3OS/c1-4-5-10-8-11(16)15-12(14-10)17-7-6-9(2)13-3/h8-9,13H,4-7H2,1-3H3,(H,14,15,16). The van der Waals surface area contributed by atoms with Crippen LogP contribution in [0.25, 0.3) is 0 Å². The van der Waals surface area contributed by atoms with E-state index in [4.69, 9.17) is 0 Å². The molecule has 1 rings (SSSR count). The van der Waals surface area contributed by atoms with Crippen LogP contribution in [0.15, 0.2) is 16.0 Å². The molecule has 1 aromatic heterocycles. The number of H-pyrrole nitrogens is 1. The number of hydrogen-bond acceptors (Lipinski definition) is 4. The zero-order valence-electron chi connectivity index (χ0n) is 10.7. The summed E-state index contributed by atoms with van der Waals surface area (Å²) in [5.41, 5.74) is 0.841. The molecule has 0 fully saturated rings. The molecule has 1 atom stereocenters. The minimum atomic E-state index is -0.0485. The summed E-state index contributed by atoms with van der Waals surface area (Å²) in [5, 5.41) is 3.93. The molecule has 17 heavy (non-hydrogen) atoms. The quantitative estimate of drug-likeness (QED) is 0.576. The number of nitrogens with one attached hydrogen (secondary N) is 2. The molecule has 4 nitrogen and oxygen atoms in total. The summed E-state index contributed by atoms with van der Waals surface area (Å²) < 4.78 is 0. The van der Waals surface area contributed by atoms with E-state index in [0.29, 0.717) is 6.04 Å². The van der Waals surface area contributed by atoms with E-state index in [2.05, 4.69) is 29.1 Å². The van der Waals surface area contributed by atoms with Gasteiger partial charge in [0.25, 0.3) is 5.56 Å². The van der Waals surface area contributed by atoms with Crippen LogP contribution in [0, 0.1) is 0 Å². The number of hydrogen-bond donors (Lipinski definition) is 2. The molecule has 0 amide bonds. The van der Waals surface area contributed by atoms with Crippen molar-refractivity contribution in [3.8, 4) is 0 Å². The normalized spacial score (nSPS) is 12.6. The number of thioether (sulfide) groups is 1. The topological polar surface area (TPSA) is 57.8 Å². The highest BCUT2D eigenvalue weighted by Crippen LogP contribution is 2.13. The molecule has 96 valence electrons. The first-order valence-corrected chi connectivity index (χ1v) is 7.04. The molecule has 2 N–H and O–H groups in total. The Morgan fingerprint density at radius 2 is 2.35 bits per heavy atom. The molecule has 1 heterocycles. The van der Waals surface area contributed by atoms with Gasteiger partial charge in [0.2, 0.25) is 0 Å². The van der Waals surface area contributed by atoms with E-state index < -0.39 is 0 Å². The Hall–Kier alpha value is -0.810. The van der Waals surface area contributed by atoms with Crippen LogP contribution in [0.4, 0.5) is 0 Å². The summed E-state index contributed by atoms with van der Waals surface area (Å²) in [4.78, 5) is 18.6. The van der Waals surface area contributed by atoms with Crippen LogP contribution < -0.4 is 10.9 Å². The van der Waals surface area contributed by atoms with Crippen molar-refractivity contribution in [3.63, 3.8) is 0 Å². The maximum absolute atomic E-state index is 11.4.